The van der Waals surface area contributed by atoms with E-state index in [1.54, 1.807) is 18.7 Å². The lowest BCUT2D eigenvalue weighted by atomic mass is 10.1. The predicted molar refractivity (Wildman–Crippen MR) is 42.3 cm³/mol. The largest absolute Gasteiger partial charge is 0.389 e. The summed E-state index contributed by atoms with van der Waals surface area (Å²) in [5.41, 5.74) is -0.875. The van der Waals surface area contributed by atoms with E-state index >= 15 is 0 Å². The second-order valence-corrected chi connectivity index (χ2v) is 4.13. The van der Waals surface area contributed by atoms with Crippen molar-refractivity contribution in [2.24, 2.45) is 0 Å². The number of halogens is 2. The quantitative estimate of drug-likeness (QED) is 0.686. The number of rotatable bonds is 2. The van der Waals surface area contributed by atoms with E-state index in [-0.39, 0.29) is 13.0 Å². The van der Waals surface area contributed by atoms with Gasteiger partial charge in [0.25, 0.3) is 5.92 Å². The fourth-order valence-corrected chi connectivity index (χ4v) is 1.49. The number of hydrogen-bond donors (Lipinski definition) is 1. The Hall–Kier alpha value is -0.220. The first-order valence-corrected chi connectivity index (χ1v) is 4.11. The molecule has 1 saturated heterocycles. The van der Waals surface area contributed by atoms with Crippen molar-refractivity contribution in [2.45, 2.75) is 31.8 Å². The number of likely N-dealkylation sites (tertiary alicyclic amines) is 1. The third-order valence-electron chi connectivity index (χ3n) is 1.86. The molecule has 0 atom stereocenters. The molecule has 0 aromatic carbocycles. The third-order valence-corrected chi connectivity index (χ3v) is 1.86. The summed E-state index contributed by atoms with van der Waals surface area (Å²) in [6.07, 6.45) is -0.0803. The van der Waals surface area contributed by atoms with Crippen LogP contribution in [0.2, 0.25) is 0 Å². The van der Waals surface area contributed by atoms with Crippen LogP contribution in [0.25, 0.3) is 0 Å². The molecule has 1 aliphatic heterocycles. The highest BCUT2D eigenvalue weighted by Gasteiger charge is 2.39. The van der Waals surface area contributed by atoms with Crippen LogP contribution in [0.4, 0.5) is 8.78 Å². The van der Waals surface area contributed by atoms with E-state index in [1.165, 1.54) is 0 Å². The van der Waals surface area contributed by atoms with Gasteiger partial charge in [-0.15, -0.1) is 0 Å². The molecule has 72 valence electrons. The molecular weight excluding hydrogens is 164 g/mol. The van der Waals surface area contributed by atoms with Crippen LogP contribution in [0.1, 0.15) is 20.3 Å². The number of β-amino-alcohol motifs (C(OH)–C–C–N with tert-alkyl or cyclic N) is 1. The zero-order valence-corrected chi connectivity index (χ0v) is 7.48. The highest BCUT2D eigenvalue weighted by Crippen LogP contribution is 2.27. The number of alkyl halides is 2. The number of hydrogen-bond acceptors (Lipinski definition) is 2. The lowest BCUT2D eigenvalue weighted by Gasteiger charge is -2.24. The Morgan fingerprint density at radius 1 is 1.50 bits per heavy atom. The summed E-state index contributed by atoms with van der Waals surface area (Å²) in [5, 5.41) is 9.36. The zero-order chi connectivity index (χ0) is 9.41. The lowest BCUT2D eigenvalue weighted by molar-refractivity contribution is -0.00306. The maximum Gasteiger partial charge on any atom is 0.261 e. The highest BCUT2D eigenvalue weighted by atomic mass is 19.3. The van der Waals surface area contributed by atoms with E-state index in [2.05, 4.69) is 0 Å². The molecule has 0 aromatic rings. The van der Waals surface area contributed by atoms with Crippen molar-refractivity contribution in [2.75, 3.05) is 19.6 Å². The molecule has 0 aromatic heterocycles. The number of aliphatic hydroxyl groups is 1. The van der Waals surface area contributed by atoms with E-state index in [0.717, 1.165) is 0 Å². The van der Waals surface area contributed by atoms with Crippen LogP contribution < -0.4 is 0 Å². The van der Waals surface area contributed by atoms with Crippen molar-refractivity contribution in [3.8, 4) is 0 Å². The van der Waals surface area contributed by atoms with Gasteiger partial charge >= 0.3 is 0 Å². The van der Waals surface area contributed by atoms with E-state index in [1.807, 2.05) is 0 Å². The van der Waals surface area contributed by atoms with Gasteiger partial charge in [0, 0.05) is 19.5 Å². The van der Waals surface area contributed by atoms with Crippen molar-refractivity contribution in [1.29, 1.82) is 0 Å². The van der Waals surface area contributed by atoms with Gasteiger partial charge in [-0.05, 0) is 13.8 Å². The van der Waals surface area contributed by atoms with Gasteiger partial charge in [0.15, 0.2) is 0 Å². The van der Waals surface area contributed by atoms with Gasteiger partial charge < -0.3 is 5.11 Å². The standard InChI is InChI=1S/C8H15F2NO/c1-7(2,12)5-11-4-3-8(9,10)6-11/h12H,3-6H2,1-2H3. The monoisotopic (exact) mass is 179 g/mol. The van der Waals surface area contributed by atoms with Crippen molar-refractivity contribution in [1.82, 2.24) is 4.90 Å². The van der Waals surface area contributed by atoms with Crippen molar-refractivity contribution >= 4 is 0 Å². The molecule has 1 fully saturated rings. The molecule has 0 spiro atoms. The second-order valence-electron chi connectivity index (χ2n) is 4.13. The van der Waals surface area contributed by atoms with Crippen LogP contribution in [0.15, 0.2) is 0 Å². The maximum atomic E-state index is 12.6. The first kappa shape index (κ1) is 9.86. The van der Waals surface area contributed by atoms with Gasteiger partial charge in [-0.3, -0.25) is 4.90 Å². The molecule has 0 aliphatic carbocycles. The third kappa shape index (κ3) is 3.03. The van der Waals surface area contributed by atoms with Gasteiger partial charge in [0.2, 0.25) is 0 Å². The minimum absolute atomic E-state index is 0.0803. The first-order chi connectivity index (χ1) is 5.29. The molecule has 0 bridgehead atoms. The summed E-state index contributed by atoms with van der Waals surface area (Å²) < 4.78 is 25.3. The molecule has 1 heterocycles. The van der Waals surface area contributed by atoms with Crippen molar-refractivity contribution in [3.05, 3.63) is 0 Å². The smallest absolute Gasteiger partial charge is 0.261 e. The van der Waals surface area contributed by atoms with Gasteiger partial charge in [0.05, 0.1) is 12.1 Å². The summed E-state index contributed by atoms with van der Waals surface area (Å²) in [4.78, 5) is 1.60. The van der Waals surface area contributed by atoms with E-state index in [4.69, 9.17) is 0 Å². The molecule has 0 unspecified atom stereocenters. The Kier molecular flexibility index (Phi) is 2.40. The van der Waals surface area contributed by atoms with Crippen LogP contribution in [-0.2, 0) is 0 Å². The Bertz CT molecular complexity index is 165. The Labute approximate surface area is 71.2 Å². The Morgan fingerprint density at radius 3 is 2.42 bits per heavy atom. The SMILES string of the molecule is CC(C)(O)CN1CCC(F)(F)C1. The van der Waals surface area contributed by atoms with E-state index in [9.17, 15) is 13.9 Å². The Balaban J connectivity index is 2.39. The average molecular weight is 179 g/mol. The molecule has 1 rings (SSSR count). The fourth-order valence-electron chi connectivity index (χ4n) is 1.49. The van der Waals surface area contributed by atoms with Crippen molar-refractivity contribution < 1.29 is 13.9 Å². The van der Waals surface area contributed by atoms with Crippen LogP contribution in [-0.4, -0.2) is 41.2 Å². The van der Waals surface area contributed by atoms with Crippen LogP contribution in [0, 0.1) is 0 Å². The topological polar surface area (TPSA) is 23.5 Å². The summed E-state index contributed by atoms with van der Waals surface area (Å²) in [5.74, 6) is -2.55. The van der Waals surface area contributed by atoms with Crippen LogP contribution in [0.3, 0.4) is 0 Å². The van der Waals surface area contributed by atoms with E-state index in [0.29, 0.717) is 13.1 Å². The van der Waals surface area contributed by atoms with Crippen LogP contribution >= 0.6 is 0 Å². The molecule has 12 heavy (non-hydrogen) atoms. The predicted octanol–water partition coefficient (Wildman–Crippen LogP) is 1.10. The molecule has 0 saturated carbocycles. The molecule has 1 aliphatic rings. The Morgan fingerprint density at radius 2 is 2.08 bits per heavy atom. The second kappa shape index (κ2) is 2.92. The maximum absolute atomic E-state index is 12.6. The minimum Gasteiger partial charge on any atom is -0.389 e. The van der Waals surface area contributed by atoms with Gasteiger partial charge in [-0.25, -0.2) is 8.78 Å². The molecule has 1 N–H and O–H groups in total. The van der Waals surface area contributed by atoms with Gasteiger partial charge in [-0.1, -0.05) is 0 Å². The molecule has 0 amide bonds. The van der Waals surface area contributed by atoms with Crippen molar-refractivity contribution in [3.63, 3.8) is 0 Å². The molecule has 2 nitrogen and oxygen atoms in total. The highest BCUT2D eigenvalue weighted by molar-refractivity contribution is 4.84. The zero-order valence-electron chi connectivity index (χ0n) is 7.48. The fraction of sp³-hybridized carbons (Fsp3) is 1.00. The molecule has 0 radical (unpaired) electrons. The van der Waals surface area contributed by atoms with Gasteiger partial charge in [-0.2, -0.15) is 0 Å². The summed E-state index contributed by atoms with van der Waals surface area (Å²) in [6, 6.07) is 0. The average Bonchev–Trinajstić information content (AvgIpc) is 2.05. The van der Waals surface area contributed by atoms with Gasteiger partial charge in [0.1, 0.15) is 0 Å². The normalized spacial score (nSPS) is 24.8. The summed E-state index contributed by atoms with van der Waals surface area (Å²) in [6.45, 7) is 3.75. The molecule has 4 heteroatoms. The summed E-state index contributed by atoms with van der Waals surface area (Å²) in [7, 11) is 0. The number of nitrogens with zero attached hydrogens (tertiary/aromatic N) is 1. The first-order valence-electron chi connectivity index (χ1n) is 4.11. The lowest BCUT2D eigenvalue weighted by Crippen LogP contribution is -2.38. The molecular formula is C8H15F2NO. The minimum atomic E-state index is -2.55. The summed E-state index contributed by atoms with van der Waals surface area (Å²) >= 11 is 0. The van der Waals surface area contributed by atoms with Crippen LogP contribution in [0.5, 0.6) is 0 Å². The van der Waals surface area contributed by atoms with E-state index < -0.39 is 11.5 Å².